The second kappa shape index (κ2) is 8.43. The molecule has 0 radical (unpaired) electrons. The summed E-state index contributed by atoms with van der Waals surface area (Å²) in [6.07, 6.45) is 4.06. The van der Waals surface area contributed by atoms with Crippen LogP contribution in [0.3, 0.4) is 0 Å². The number of carbonyl (C=O) groups excluding carboxylic acids is 1. The first-order valence-corrected chi connectivity index (χ1v) is 9.82. The van der Waals surface area contributed by atoms with Gasteiger partial charge >= 0.3 is 0 Å². The van der Waals surface area contributed by atoms with E-state index in [1.54, 1.807) is 6.07 Å². The number of hydrogen-bond donors (Lipinski definition) is 1. The molecule has 150 valence electrons. The lowest BCUT2D eigenvalue weighted by Crippen LogP contribution is -2.20. The first-order chi connectivity index (χ1) is 14.1. The molecule has 2 aromatic carbocycles. The zero-order chi connectivity index (χ0) is 20.2. The van der Waals surface area contributed by atoms with Crippen LogP contribution in [0.25, 0.3) is 11.4 Å². The van der Waals surface area contributed by atoms with E-state index in [1.807, 2.05) is 35.8 Å². The highest BCUT2D eigenvalue weighted by Crippen LogP contribution is 2.27. The second-order valence-electron chi connectivity index (χ2n) is 7.20. The largest absolute Gasteiger partial charge is 0.483 e. The predicted octanol–water partition coefficient (Wildman–Crippen LogP) is 4.14. The molecule has 1 aliphatic rings. The first-order valence-electron chi connectivity index (χ1n) is 9.82. The van der Waals surface area contributed by atoms with E-state index in [-0.39, 0.29) is 12.5 Å². The van der Waals surface area contributed by atoms with Crippen LogP contribution in [0.4, 0.5) is 10.1 Å². The minimum Gasteiger partial charge on any atom is -0.483 e. The molecule has 0 fully saturated rings. The number of aryl methyl sites for hydroxylation is 2. The molecule has 3 aromatic rings. The molecule has 6 nitrogen and oxygen atoms in total. The molecule has 1 amide bonds. The number of nitrogens with one attached hydrogen (secondary N) is 1. The van der Waals surface area contributed by atoms with Crippen molar-refractivity contribution in [2.24, 2.45) is 0 Å². The summed E-state index contributed by atoms with van der Waals surface area (Å²) in [5.41, 5.74) is 1.78. The molecule has 1 aromatic heterocycles. The fraction of sp³-hybridized carbons (Fsp3) is 0.318. The van der Waals surface area contributed by atoms with Crippen LogP contribution in [0, 0.1) is 12.7 Å². The highest BCUT2D eigenvalue weighted by atomic mass is 19.1. The van der Waals surface area contributed by atoms with E-state index in [2.05, 4.69) is 15.5 Å². The lowest BCUT2D eigenvalue weighted by Gasteiger charge is -2.11. The maximum Gasteiger partial charge on any atom is 0.262 e. The predicted molar refractivity (Wildman–Crippen MR) is 108 cm³/mol. The van der Waals surface area contributed by atoms with Gasteiger partial charge in [-0.2, -0.15) is 0 Å². The molecular weight excluding hydrogens is 371 g/mol. The third kappa shape index (κ3) is 4.29. The van der Waals surface area contributed by atoms with E-state index in [1.165, 1.54) is 12.1 Å². The Morgan fingerprint density at radius 1 is 1.17 bits per heavy atom. The van der Waals surface area contributed by atoms with Gasteiger partial charge in [-0.15, -0.1) is 10.2 Å². The van der Waals surface area contributed by atoms with Crippen molar-refractivity contribution in [3.05, 3.63) is 59.7 Å². The minimum atomic E-state index is -0.390. The number of anilines is 1. The van der Waals surface area contributed by atoms with Gasteiger partial charge in [0, 0.05) is 18.7 Å². The summed E-state index contributed by atoms with van der Waals surface area (Å²) in [6, 6.07) is 12.0. The Kier molecular flexibility index (Phi) is 5.55. The van der Waals surface area contributed by atoms with E-state index in [9.17, 15) is 9.18 Å². The number of halogens is 1. The molecule has 7 heteroatoms. The Morgan fingerprint density at radius 2 is 2.03 bits per heavy atom. The summed E-state index contributed by atoms with van der Waals surface area (Å²) in [6.45, 7) is 2.57. The molecule has 0 saturated heterocycles. The van der Waals surface area contributed by atoms with Crippen molar-refractivity contribution < 1.29 is 13.9 Å². The number of rotatable bonds is 5. The molecular formula is C22H23FN4O2. The Labute approximate surface area is 168 Å². The van der Waals surface area contributed by atoms with Crippen molar-refractivity contribution >= 4 is 11.6 Å². The Balaban J connectivity index is 1.49. The maximum absolute atomic E-state index is 14.5. The van der Waals surface area contributed by atoms with Gasteiger partial charge in [-0.1, -0.05) is 24.6 Å². The topological polar surface area (TPSA) is 69.0 Å². The summed E-state index contributed by atoms with van der Waals surface area (Å²) >= 11 is 0. The summed E-state index contributed by atoms with van der Waals surface area (Å²) in [4.78, 5) is 12.3. The smallest absolute Gasteiger partial charge is 0.262 e. The number of carbonyl (C=O) groups is 1. The highest BCUT2D eigenvalue weighted by Gasteiger charge is 2.19. The molecule has 0 saturated carbocycles. The SMILES string of the molecule is Cc1ccccc1OCC(=O)Nc1ccc(F)c(-c2nnc3n2CCCCC3)c1. The van der Waals surface area contributed by atoms with Gasteiger partial charge < -0.3 is 14.6 Å². The number of nitrogens with zero attached hydrogens (tertiary/aromatic N) is 3. The van der Waals surface area contributed by atoms with Gasteiger partial charge in [0.1, 0.15) is 17.4 Å². The number of ether oxygens (including phenoxy) is 1. The van der Waals surface area contributed by atoms with Crippen molar-refractivity contribution in [1.82, 2.24) is 14.8 Å². The first kappa shape index (κ1) is 19.1. The van der Waals surface area contributed by atoms with Gasteiger partial charge in [-0.3, -0.25) is 4.79 Å². The van der Waals surface area contributed by atoms with E-state index >= 15 is 0 Å². The van der Waals surface area contributed by atoms with Gasteiger partial charge in [0.25, 0.3) is 5.91 Å². The fourth-order valence-corrected chi connectivity index (χ4v) is 3.52. The fourth-order valence-electron chi connectivity index (χ4n) is 3.52. The van der Waals surface area contributed by atoms with E-state index < -0.39 is 5.82 Å². The Hall–Kier alpha value is -3.22. The van der Waals surface area contributed by atoms with Crippen molar-refractivity contribution in [1.29, 1.82) is 0 Å². The van der Waals surface area contributed by atoms with Gasteiger partial charge in [-0.25, -0.2) is 4.39 Å². The molecule has 0 aliphatic carbocycles. The number of fused-ring (bicyclic) bond motifs is 1. The Morgan fingerprint density at radius 3 is 2.90 bits per heavy atom. The molecule has 1 aliphatic heterocycles. The molecule has 0 unspecified atom stereocenters. The van der Waals surface area contributed by atoms with Crippen LogP contribution in [0.1, 0.15) is 30.7 Å². The second-order valence-corrected chi connectivity index (χ2v) is 7.20. The quantitative estimate of drug-likeness (QED) is 0.706. The number of benzene rings is 2. The summed E-state index contributed by atoms with van der Waals surface area (Å²) in [7, 11) is 0. The van der Waals surface area contributed by atoms with E-state index in [0.717, 1.165) is 43.6 Å². The van der Waals surface area contributed by atoms with Gasteiger partial charge in [0.15, 0.2) is 12.4 Å². The molecule has 1 N–H and O–H groups in total. The summed E-state index contributed by atoms with van der Waals surface area (Å²) < 4.78 is 22.1. The number of amides is 1. The number of para-hydroxylation sites is 1. The van der Waals surface area contributed by atoms with Crippen LogP contribution in [0.5, 0.6) is 5.75 Å². The molecule has 0 atom stereocenters. The van der Waals surface area contributed by atoms with Crippen LogP contribution in [-0.2, 0) is 17.8 Å². The van der Waals surface area contributed by atoms with Gasteiger partial charge in [0.2, 0.25) is 0 Å². The number of hydrogen-bond acceptors (Lipinski definition) is 4. The van der Waals surface area contributed by atoms with Crippen molar-refractivity contribution in [2.75, 3.05) is 11.9 Å². The van der Waals surface area contributed by atoms with Crippen LogP contribution >= 0.6 is 0 Å². The maximum atomic E-state index is 14.5. The third-order valence-electron chi connectivity index (χ3n) is 5.05. The van der Waals surface area contributed by atoms with Crippen molar-refractivity contribution in [3.8, 4) is 17.1 Å². The number of aromatic nitrogens is 3. The van der Waals surface area contributed by atoms with Crippen LogP contribution in [0.2, 0.25) is 0 Å². The van der Waals surface area contributed by atoms with Crippen LogP contribution in [0.15, 0.2) is 42.5 Å². The molecule has 4 rings (SSSR count). The standard InChI is InChI=1S/C22H23FN4O2/c1-15-7-4-5-8-19(15)29-14-21(28)24-16-10-11-18(23)17(13-16)22-26-25-20-9-3-2-6-12-27(20)22/h4-5,7-8,10-11,13H,2-3,6,9,12,14H2,1H3,(H,24,28). The molecule has 0 bridgehead atoms. The van der Waals surface area contributed by atoms with E-state index in [4.69, 9.17) is 4.74 Å². The monoisotopic (exact) mass is 394 g/mol. The minimum absolute atomic E-state index is 0.127. The van der Waals surface area contributed by atoms with Crippen LogP contribution in [-0.4, -0.2) is 27.3 Å². The zero-order valence-electron chi connectivity index (χ0n) is 16.3. The normalized spacial score (nSPS) is 13.4. The summed E-state index contributed by atoms with van der Waals surface area (Å²) in [5, 5.41) is 11.2. The summed E-state index contributed by atoms with van der Waals surface area (Å²) in [5.74, 6) is 1.35. The van der Waals surface area contributed by atoms with Crippen molar-refractivity contribution in [2.45, 2.75) is 39.2 Å². The van der Waals surface area contributed by atoms with Crippen LogP contribution < -0.4 is 10.1 Å². The third-order valence-corrected chi connectivity index (χ3v) is 5.05. The van der Waals surface area contributed by atoms with Gasteiger partial charge in [0.05, 0.1) is 5.56 Å². The van der Waals surface area contributed by atoms with Crippen molar-refractivity contribution in [3.63, 3.8) is 0 Å². The Bertz CT molecular complexity index is 1030. The van der Waals surface area contributed by atoms with E-state index in [0.29, 0.717) is 22.8 Å². The van der Waals surface area contributed by atoms with Gasteiger partial charge in [-0.05, 0) is 49.6 Å². The highest BCUT2D eigenvalue weighted by molar-refractivity contribution is 5.92. The lowest BCUT2D eigenvalue weighted by molar-refractivity contribution is -0.118. The lowest BCUT2D eigenvalue weighted by atomic mass is 10.1. The average Bonchev–Trinajstić information content (AvgIpc) is 2.96. The zero-order valence-corrected chi connectivity index (χ0v) is 16.3. The molecule has 0 spiro atoms. The molecule has 2 heterocycles. The molecule has 29 heavy (non-hydrogen) atoms. The average molecular weight is 394 g/mol.